The van der Waals surface area contributed by atoms with Crippen molar-refractivity contribution in [2.75, 3.05) is 0 Å². The van der Waals surface area contributed by atoms with Gasteiger partial charge >= 0.3 is 0 Å². The summed E-state index contributed by atoms with van der Waals surface area (Å²) in [5.74, 6) is -0.0650. The van der Waals surface area contributed by atoms with Gasteiger partial charge in [0, 0.05) is 5.92 Å². The average Bonchev–Trinajstić information content (AvgIpc) is 2.53. The lowest BCUT2D eigenvalue weighted by molar-refractivity contribution is 0.543. The lowest BCUT2D eigenvalue weighted by atomic mass is 9.90. The quantitative estimate of drug-likeness (QED) is 0.325. The highest BCUT2D eigenvalue weighted by Crippen LogP contribution is 2.46. The van der Waals surface area contributed by atoms with E-state index in [-0.39, 0.29) is 5.92 Å². The number of hydrogen-bond donors (Lipinski definition) is 0. The first kappa shape index (κ1) is 18.9. The van der Waals surface area contributed by atoms with Crippen LogP contribution >= 0.6 is 34.8 Å². The summed E-state index contributed by atoms with van der Waals surface area (Å²) in [7, 11) is 0. The number of halogens is 3. The Morgan fingerprint density at radius 1 is 0.826 bits per heavy atom. The summed E-state index contributed by atoms with van der Waals surface area (Å²) in [5, 5.41) is 2.39. The molecule has 0 amide bonds. The molecule has 0 N–H and O–H groups in total. The van der Waals surface area contributed by atoms with Gasteiger partial charge in [-0.3, -0.25) is 0 Å². The molecule has 0 radical (unpaired) electrons. The van der Waals surface area contributed by atoms with Crippen molar-refractivity contribution in [3.05, 3.63) is 48.0 Å². The van der Waals surface area contributed by atoms with Crippen LogP contribution in [-0.2, 0) is 0 Å². The summed E-state index contributed by atoms with van der Waals surface area (Å²) in [6.07, 6.45) is 8.40. The molecule has 2 rings (SSSR count). The number of unbranched alkanes of at least 4 members (excludes halogenated alkanes) is 5. The molecule has 1 atom stereocenters. The molecule has 3 heteroatoms. The van der Waals surface area contributed by atoms with Crippen LogP contribution in [0.5, 0.6) is 0 Å². The predicted octanol–water partition coefficient (Wildman–Crippen LogP) is 8.04. The lowest BCUT2D eigenvalue weighted by Gasteiger charge is -2.26. The zero-order valence-corrected chi connectivity index (χ0v) is 16.0. The van der Waals surface area contributed by atoms with Gasteiger partial charge in [0.2, 0.25) is 0 Å². The maximum atomic E-state index is 6.33. The Morgan fingerprint density at radius 2 is 1.48 bits per heavy atom. The second-order valence-electron chi connectivity index (χ2n) is 6.22. The third kappa shape index (κ3) is 5.55. The third-order valence-electron chi connectivity index (χ3n) is 4.44. The van der Waals surface area contributed by atoms with E-state index in [4.69, 9.17) is 34.8 Å². The first-order valence-electron chi connectivity index (χ1n) is 8.58. The van der Waals surface area contributed by atoms with Crippen molar-refractivity contribution in [3.8, 4) is 0 Å². The van der Waals surface area contributed by atoms with E-state index in [0.717, 1.165) is 18.4 Å². The van der Waals surface area contributed by atoms with E-state index in [1.165, 1.54) is 42.9 Å². The van der Waals surface area contributed by atoms with E-state index in [1.54, 1.807) is 0 Å². The van der Waals surface area contributed by atoms with Gasteiger partial charge < -0.3 is 0 Å². The molecule has 0 aliphatic carbocycles. The SMILES string of the molecule is CCCCCCCCC(c1cccc2ccccc12)C(Cl)(Cl)Cl. The first-order valence-corrected chi connectivity index (χ1v) is 9.71. The summed E-state index contributed by atoms with van der Waals surface area (Å²) in [6.45, 7) is 2.24. The van der Waals surface area contributed by atoms with Gasteiger partial charge in [-0.25, -0.2) is 0 Å². The monoisotopic (exact) mass is 370 g/mol. The molecule has 0 heterocycles. The van der Waals surface area contributed by atoms with Gasteiger partial charge in [-0.15, -0.1) is 0 Å². The van der Waals surface area contributed by atoms with Gasteiger partial charge in [0.05, 0.1) is 0 Å². The summed E-state index contributed by atoms with van der Waals surface area (Å²) < 4.78 is -1.27. The maximum Gasteiger partial charge on any atom is 0.197 e. The van der Waals surface area contributed by atoms with Crippen LogP contribution in [0.3, 0.4) is 0 Å². The predicted molar refractivity (Wildman–Crippen MR) is 105 cm³/mol. The normalized spacial score (nSPS) is 13.4. The highest BCUT2D eigenvalue weighted by molar-refractivity contribution is 6.68. The van der Waals surface area contributed by atoms with Crippen molar-refractivity contribution < 1.29 is 0 Å². The molecule has 0 aliphatic rings. The molecule has 0 aliphatic heterocycles. The molecule has 0 bridgehead atoms. The molecule has 0 spiro atoms. The van der Waals surface area contributed by atoms with Gasteiger partial charge in [-0.2, -0.15) is 0 Å². The molecular weight excluding hydrogens is 347 g/mol. The molecular formula is C20H25Cl3. The van der Waals surface area contributed by atoms with Gasteiger partial charge in [0.25, 0.3) is 0 Å². The standard InChI is InChI=1S/C20H25Cl3/c1-2-3-4-5-6-7-15-19(20(21,22)23)18-14-10-12-16-11-8-9-13-17(16)18/h8-14,19H,2-7,15H2,1H3. The van der Waals surface area contributed by atoms with Gasteiger partial charge in [0.15, 0.2) is 3.79 Å². The van der Waals surface area contributed by atoms with Crippen LogP contribution in [0.15, 0.2) is 42.5 Å². The second-order valence-corrected chi connectivity index (χ2v) is 8.59. The minimum atomic E-state index is -1.27. The fourth-order valence-corrected chi connectivity index (χ4v) is 3.86. The molecule has 0 nitrogen and oxygen atoms in total. The van der Waals surface area contributed by atoms with Gasteiger partial charge in [0.1, 0.15) is 0 Å². The smallest absolute Gasteiger partial charge is 0.0830 e. The average molecular weight is 372 g/mol. The van der Waals surface area contributed by atoms with Crippen LogP contribution in [-0.4, -0.2) is 3.79 Å². The van der Waals surface area contributed by atoms with Crippen LogP contribution in [0.4, 0.5) is 0 Å². The fraction of sp³-hybridized carbons (Fsp3) is 0.500. The first-order chi connectivity index (χ1) is 11.0. The second kappa shape index (κ2) is 9.16. The zero-order valence-electron chi connectivity index (χ0n) is 13.7. The van der Waals surface area contributed by atoms with E-state index in [0.29, 0.717) is 0 Å². The van der Waals surface area contributed by atoms with Crippen LogP contribution in [0, 0.1) is 0 Å². The summed E-state index contributed by atoms with van der Waals surface area (Å²) in [4.78, 5) is 0. The van der Waals surface area contributed by atoms with Crippen molar-refractivity contribution in [1.82, 2.24) is 0 Å². The maximum absolute atomic E-state index is 6.33. The van der Waals surface area contributed by atoms with E-state index < -0.39 is 3.79 Å². The Balaban J connectivity index is 2.12. The fourth-order valence-electron chi connectivity index (χ4n) is 3.18. The molecule has 23 heavy (non-hydrogen) atoms. The minimum absolute atomic E-state index is 0.0650. The molecule has 0 fully saturated rings. The van der Waals surface area contributed by atoms with E-state index in [1.807, 2.05) is 12.1 Å². The Bertz CT molecular complexity index is 596. The molecule has 2 aromatic carbocycles. The lowest BCUT2D eigenvalue weighted by Crippen LogP contribution is -2.17. The van der Waals surface area contributed by atoms with Gasteiger partial charge in [-0.1, -0.05) is 123 Å². The van der Waals surface area contributed by atoms with E-state index in [9.17, 15) is 0 Å². The number of fused-ring (bicyclic) bond motifs is 1. The number of benzene rings is 2. The summed E-state index contributed by atoms with van der Waals surface area (Å²) in [6, 6.07) is 14.6. The number of alkyl halides is 3. The van der Waals surface area contributed by atoms with E-state index >= 15 is 0 Å². The number of hydrogen-bond acceptors (Lipinski definition) is 0. The summed E-state index contributed by atoms with van der Waals surface area (Å²) >= 11 is 19.0. The topological polar surface area (TPSA) is 0 Å². The van der Waals surface area contributed by atoms with Crippen molar-refractivity contribution >= 4 is 45.6 Å². The van der Waals surface area contributed by atoms with Crippen LogP contribution in [0.1, 0.15) is 63.4 Å². The van der Waals surface area contributed by atoms with Gasteiger partial charge in [-0.05, 0) is 22.8 Å². The van der Waals surface area contributed by atoms with Crippen LogP contribution < -0.4 is 0 Å². The Labute approximate surface area is 155 Å². The van der Waals surface area contributed by atoms with Crippen molar-refractivity contribution in [2.24, 2.45) is 0 Å². The van der Waals surface area contributed by atoms with Crippen molar-refractivity contribution in [3.63, 3.8) is 0 Å². The van der Waals surface area contributed by atoms with Crippen LogP contribution in [0.2, 0.25) is 0 Å². The highest BCUT2D eigenvalue weighted by atomic mass is 35.6. The molecule has 0 saturated carbocycles. The Morgan fingerprint density at radius 3 is 2.22 bits per heavy atom. The third-order valence-corrected chi connectivity index (χ3v) is 5.23. The minimum Gasteiger partial charge on any atom is -0.0830 e. The van der Waals surface area contributed by atoms with Crippen molar-refractivity contribution in [1.29, 1.82) is 0 Å². The Hall–Kier alpha value is -0.430. The van der Waals surface area contributed by atoms with E-state index in [2.05, 4.69) is 37.3 Å². The van der Waals surface area contributed by atoms with Crippen LogP contribution in [0.25, 0.3) is 10.8 Å². The molecule has 126 valence electrons. The molecule has 0 aromatic heterocycles. The Kier molecular flexibility index (Phi) is 7.53. The molecule has 2 aromatic rings. The largest absolute Gasteiger partial charge is 0.197 e. The zero-order chi connectivity index (χ0) is 16.7. The highest BCUT2D eigenvalue weighted by Gasteiger charge is 2.34. The van der Waals surface area contributed by atoms with Crippen molar-refractivity contribution in [2.45, 2.75) is 61.6 Å². The molecule has 0 saturated heterocycles. The molecule has 1 unspecified atom stereocenters. The summed E-state index contributed by atoms with van der Waals surface area (Å²) in [5.41, 5.74) is 1.15. The number of rotatable bonds is 8.